The third kappa shape index (κ3) is 4.37. The number of aryl methyl sites for hydroxylation is 1. The van der Waals surface area contributed by atoms with Crippen LogP contribution in [-0.4, -0.2) is 51.2 Å². The van der Waals surface area contributed by atoms with E-state index in [4.69, 9.17) is 13.7 Å². The number of furan rings is 1. The van der Waals surface area contributed by atoms with E-state index in [0.29, 0.717) is 33.4 Å². The number of hydrogen-bond acceptors (Lipinski definition) is 8. The lowest BCUT2D eigenvalue weighted by Gasteiger charge is -2.32. The molecule has 1 amide bonds. The first kappa shape index (κ1) is 25.7. The fourth-order valence-electron chi connectivity index (χ4n) is 4.01. The molecule has 3 aromatic rings. The van der Waals surface area contributed by atoms with E-state index in [1.54, 1.807) is 32.3 Å². The van der Waals surface area contributed by atoms with Crippen molar-refractivity contribution in [2.75, 3.05) is 17.9 Å². The Bertz CT molecular complexity index is 1340. The van der Waals surface area contributed by atoms with Crippen molar-refractivity contribution in [1.29, 1.82) is 0 Å². The van der Waals surface area contributed by atoms with Gasteiger partial charge in [0.25, 0.3) is 5.91 Å². The van der Waals surface area contributed by atoms with Gasteiger partial charge in [-0.1, -0.05) is 6.92 Å². The van der Waals surface area contributed by atoms with Crippen LogP contribution in [0.5, 0.6) is 0 Å². The minimum Gasteiger partial charge on any atom is -0.454 e. The number of nitrogens with one attached hydrogen (secondary N) is 1. The SMILES string of the molecule is CCc1ncc(-c2oc3cc(N(CC)[SH](=O)=O)c(B4OC(C)(C)C(C)(C)O4)cc3c2C(=O)NC)s1. The van der Waals surface area contributed by atoms with Crippen LogP contribution in [0.25, 0.3) is 21.6 Å². The highest BCUT2D eigenvalue weighted by atomic mass is 32.2. The number of thiazole rings is 1. The second-order valence-corrected chi connectivity index (χ2v) is 11.4. The third-order valence-electron chi connectivity index (χ3n) is 6.65. The summed E-state index contributed by atoms with van der Waals surface area (Å²) in [6, 6.07) is 3.38. The summed E-state index contributed by atoms with van der Waals surface area (Å²) in [6.45, 7) is 11.7. The largest absolute Gasteiger partial charge is 0.497 e. The van der Waals surface area contributed by atoms with Crippen LogP contribution < -0.4 is 15.1 Å². The first-order valence-electron chi connectivity index (χ1n) is 11.5. The number of carbonyl (C=O) groups is 1. The van der Waals surface area contributed by atoms with Crippen molar-refractivity contribution in [2.24, 2.45) is 0 Å². The number of thiol groups is 1. The van der Waals surface area contributed by atoms with E-state index >= 15 is 0 Å². The van der Waals surface area contributed by atoms with Crippen molar-refractivity contribution in [3.63, 3.8) is 0 Å². The molecular weight excluding hydrogens is 489 g/mol. The van der Waals surface area contributed by atoms with E-state index in [0.717, 1.165) is 16.3 Å². The van der Waals surface area contributed by atoms with Crippen molar-refractivity contribution in [2.45, 2.75) is 59.2 Å². The molecule has 3 heterocycles. The van der Waals surface area contributed by atoms with Gasteiger partial charge in [-0.25, -0.2) is 13.4 Å². The van der Waals surface area contributed by atoms with E-state index in [1.165, 1.54) is 15.6 Å². The van der Waals surface area contributed by atoms with Gasteiger partial charge in [0.05, 0.1) is 32.3 Å². The van der Waals surface area contributed by atoms with Crippen molar-refractivity contribution < 1.29 is 26.9 Å². The van der Waals surface area contributed by atoms with Crippen LogP contribution in [0.15, 0.2) is 22.7 Å². The molecule has 0 atom stereocenters. The number of rotatable bonds is 7. The Kier molecular flexibility index (Phi) is 6.77. The first-order valence-corrected chi connectivity index (χ1v) is 13.4. The number of fused-ring (bicyclic) bond motifs is 1. The second-order valence-electron chi connectivity index (χ2n) is 9.31. The Morgan fingerprint density at radius 3 is 2.34 bits per heavy atom. The van der Waals surface area contributed by atoms with Gasteiger partial charge in [0.15, 0.2) is 5.76 Å². The summed E-state index contributed by atoms with van der Waals surface area (Å²) in [4.78, 5) is 18.1. The number of amides is 1. The Hall–Kier alpha value is -2.41. The van der Waals surface area contributed by atoms with E-state index in [2.05, 4.69) is 10.3 Å². The molecule has 1 N–H and O–H groups in total. The van der Waals surface area contributed by atoms with E-state index in [1.807, 2.05) is 34.6 Å². The average molecular weight is 519 g/mol. The molecular formula is C23H30BN3O6S2. The molecule has 1 aliphatic heterocycles. The number of nitrogens with zero attached hydrogens (tertiary/aromatic N) is 2. The maximum absolute atomic E-state index is 13.0. The number of benzene rings is 1. The van der Waals surface area contributed by atoms with E-state index in [9.17, 15) is 13.2 Å². The second kappa shape index (κ2) is 9.23. The Balaban J connectivity index is 2.01. The highest BCUT2D eigenvalue weighted by molar-refractivity contribution is 7.74. The molecule has 1 aromatic carbocycles. The maximum Gasteiger partial charge on any atom is 0.497 e. The molecule has 1 aliphatic rings. The molecule has 0 radical (unpaired) electrons. The fourth-order valence-corrected chi connectivity index (χ4v) is 5.43. The molecule has 12 heteroatoms. The van der Waals surface area contributed by atoms with Gasteiger partial charge in [0.1, 0.15) is 5.58 Å². The number of aromatic nitrogens is 1. The average Bonchev–Trinajstić information content (AvgIpc) is 3.46. The zero-order valence-corrected chi connectivity index (χ0v) is 22.6. The van der Waals surface area contributed by atoms with Crippen LogP contribution >= 0.6 is 11.3 Å². The predicted octanol–water partition coefficient (Wildman–Crippen LogP) is 3.13. The minimum absolute atomic E-state index is 0.210. The molecule has 0 unspecified atom stereocenters. The zero-order valence-electron chi connectivity index (χ0n) is 20.9. The summed E-state index contributed by atoms with van der Waals surface area (Å²) in [7, 11) is -2.22. The Labute approximate surface area is 211 Å². The molecule has 0 saturated carbocycles. The zero-order chi connectivity index (χ0) is 25.7. The van der Waals surface area contributed by atoms with Crippen LogP contribution in [0, 0.1) is 0 Å². The molecule has 0 aliphatic carbocycles. The summed E-state index contributed by atoms with van der Waals surface area (Å²) in [6.07, 6.45) is 2.45. The summed E-state index contributed by atoms with van der Waals surface area (Å²) >= 11 is 1.45. The maximum atomic E-state index is 13.0. The molecule has 0 bridgehead atoms. The van der Waals surface area contributed by atoms with Gasteiger partial charge in [0, 0.05) is 36.7 Å². The van der Waals surface area contributed by atoms with E-state index < -0.39 is 29.2 Å². The summed E-state index contributed by atoms with van der Waals surface area (Å²) < 4.78 is 44.3. The summed E-state index contributed by atoms with van der Waals surface area (Å²) in [5.74, 6) is 0.0724. The minimum atomic E-state index is -2.94. The van der Waals surface area contributed by atoms with Gasteiger partial charge in [-0.3, -0.25) is 9.10 Å². The van der Waals surface area contributed by atoms with Crippen molar-refractivity contribution in [3.05, 3.63) is 28.9 Å². The standard InChI is InChI=1S/C23H30BN3O6S2/c1-8-18-26-12-17(34-18)20-19(21(28)25-7)13-10-14(24-32-22(3,4)23(5,6)33-24)15(11-16(13)31-20)27(9-2)35(29)30/h10-12,35H,8-9H2,1-7H3,(H,25,28). The normalized spacial score (nSPS) is 16.9. The van der Waals surface area contributed by atoms with Crippen LogP contribution in [0.1, 0.15) is 56.9 Å². The van der Waals surface area contributed by atoms with Gasteiger partial charge in [-0.2, -0.15) is 0 Å². The lowest BCUT2D eigenvalue weighted by molar-refractivity contribution is 0.00578. The van der Waals surface area contributed by atoms with Gasteiger partial charge in [-0.05, 0) is 47.1 Å². The highest BCUT2D eigenvalue weighted by Gasteiger charge is 2.52. The van der Waals surface area contributed by atoms with Crippen molar-refractivity contribution in [3.8, 4) is 10.6 Å². The van der Waals surface area contributed by atoms with Gasteiger partial charge >= 0.3 is 7.12 Å². The molecule has 35 heavy (non-hydrogen) atoms. The smallest absolute Gasteiger partial charge is 0.454 e. The monoisotopic (exact) mass is 519 g/mol. The van der Waals surface area contributed by atoms with E-state index in [-0.39, 0.29) is 12.5 Å². The number of hydrogen-bond donors (Lipinski definition) is 2. The molecule has 1 fully saturated rings. The Morgan fingerprint density at radius 2 is 1.83 bits per heavy atom. The Morgan fingerprint density at radius 1 is 1.17 bits per heavy atom. The predicted molar refractivity (Wildman–Crippen MR) is 139 cm³/mol. The topological polar surface area (TPSA) is 111 Å². The molecule has 2 aromatic heterocycles. The molecule has 0 spiro atoms. The van der Waals surface area contributed by atoms with Crippen LogP contribution in [0.4, 0.5) is 5.69 Å². The van der Waals surface area contributed by atoms with Gasteiger partial charge in [-0.15, -0.1) is 11.3 Å². The summed E-state index contributed by atoms with van der Waals surface area (Å²) in [5, 5.41) is 4.15. The quantitative estimate of drug-likeness (QED) is 0.365. The molecule has 9 nitrogen and oxygen atoms in total. The highest BCUT2D eigenvalue weighted by Crippen LogP contribution is 2.40. The van der Waals surface area contributed by atoms with Gasteiger partial charge in [0.2, 0.25) is 10.9 Å². The van der Waals surface area contributed by atoms with Crippen LogP contribution in [0.2, 0.25) is 0 Å². The summed E-state index contributed by atoms with van der Waals surface area (Å²) in [5.41, 5.74) is 0.365. The number of anilines is 1. The van der Waals surface area contributed by atoms with Gasteiger partial charge < -0.3 is 19.0 Å². The van der Waals surface area contributed by atoms with Crippen LogP contribution in [0.3, 0.4) is 0 Å². The lowest BCUT2D eigenvalue weighted by atomic mass is 9.77. The first-order chi connectivity index (χ1) is 16.4. The van der Waals surface area contributed by atoms with Crippen molar-refractivity contribution in [1.82, 2.24) is 10.3 Å². The molecule has 4 rings (SSSR count). The molecule has 188 valence electrons. The third-order valence-corrected chi connectivity index (χ3v) is 8.69. The van der Waals surface area contributed by atoms with Crippen LogP contribution in [-0.2, 0) is 26.6 Å². The van der Waals surface area contributed by atoms with Crippen molar-refractivity contribution >= 4 is 57.4 Å². The number of carbonyl (C=O) groups excluding carboxylic acids is 1. The lowest BCUT2D eigenvalue weighted by Crippen LogP contribution is -2.41. The fraction of sp³-hybridized carbons (Fsp3) is 0.478. The molecule has 1 saturated heterocycles.